The Bertz CT molecular complexity index is 772. The molecule has 3 rings (SSSR count). The van der Waals surface area contributed by atoms with E-state index in [0.29, 0.717) is 11.9 Å². The number of aromatic nitrogens is 2. The van der Waals surface area contributed by atoms with E-state index in [-0.39, 0.29) is 12.5 Å². The highest BCUT2D eigenvalue weighted by atomic mass is 16.2. The lowest BCUT2D eigenvalue weighted by Gasteiger charge is -2.20. The number of aliphatic imine (C=N–C) groups is 1. The summed E-state index contributed by atoms with van der Waals surface area (Å²) in [5, 5.41) is 3.07. The van der Waals surface area contributed by atoms with Crippen LogP contribution in [-0.2, 0) is 4.79 Å². The van der Waals surface area contributed by atoms with Crippen LogP contribution in [0, 0.1) is 27.7 Å². The van der Waals surface area contributed by atoms with Crippen molar-refractivity contribution in [2.75, 3.05) is 16.8 Å². The number of amides is 1. The second kappa shape index (κ2) is 5.79. The van der Waals surface area contributed by atoms with E-state index >= 15 is 0 Å². The fraction of sp³-hybridized carbons (Fsp3) is 0.294. The molecule has 118 valence electrons. The number of carbonyl (C=O) groups is 1. The number of hydrogen-bond acceptors (Lipinski definition) is 5. The van der Waals surface area contributed by atoms with Gasteiger partial charge in [0.25, 0.3) is 5.91 Å². The van der Waals surface area contributed by atoms with Crippen LogP contribution in [-0.4, -0.2) is 28.4 Å². The molecule has 6 heteroatoms. The van der Waals surface area contributed by atoms with Crippen LogP contribution < -0.4 is 10.2 Å². The van der Waals surface area contributed by atoms with Crippen molar-refractivity contribution in [3.05, 3.63) is 46.8 Å². The molecule has 0 radical (unpaired) electrons. The van der Waals surface area contributed by atoms with Crippen LogP contribution in [0.5, 0.6) is 0 Å². The van der Waals surface area contributed by atoms with Crippen LogP contribution in [0.4, 0.5) is 11.6 Å². The highest BCUT2D eigenvalue weighted by molar-refractivity contribution is 6.24. The number of carbonyl (C=O) groups excluding carboxylic acids is 1. The fourth-order valence-electron chi connectivity index (χ4n) is 2.73. The van der Waals surface area contributed by atoms with E-state index in [1.165, 1.54) is 0 Å². The van der Waals surface area contributed by atoms with Gasteiger partial charge in [-0.3, -0.25) is 10.1 Å². The van der Waals surface area contributed by atoms with Crippen molar-refractivity contribution < 1.29 is 4.79 Å². The predicted molar refractivity (Wildman–Crippen MR) is 90.8 cm³/mol. The zero-order valence-corrected chi connectivity index (χ0v) is 13.7. The molecule has 1 aromatic heterocycles. The minimum absolute atomic E-state index is 0.0677. The van der Waals surface area contributed by atoms with E-state index in [1.54, 1.807) is 4.90 Å². The third kappa shape index (κ3) is 3.21. The number of nitrogens with one attached hydrogen (secondary N) is 1. The molecule has 6 nitrogen and oxygen atoms in total. The van der Waals surface area contributed by atoms with E-state index < -0.39 is 0 Å². The molecule has 0 aliphatic carbocycles. The minimum atomic E-state index is -0.0677. The number of rotatable bonds is 2. The Morgan fingerprint density at radius 1 is 0.957 bits per heavy atom. The van der Waals surface area contributed by atoms with Crippen LogP contribution >= 0.6 is 0 Å². The molecule has 1 N–H and O–H groups in total. The lowest BCUT2D eigenvalue weighted by Crippen LogP contribution is -2.37. The van der Waals surface area contributed by atoms with Crippen LogP contribution in [0.25, 0.3) is 0 Å². The Morgan fingerprint density at radius 2 is 1.57 bits per heavy atom. The van der Waals surface area contributed by atoms with Gasteiger partial charge in [-0.05, 0) is 57.0 Å². The van der Waals surface area contributed by atoms with E-state index in [4.69, 9.17) is 0 Å². The van der Waals surface area contributed by atoms with Crippen molar-refractivity contribution in [2.24, 2.45) is 4.99 Å². The van der Waals surface area contributed by atoms with E-state index in [0.717, 1.165) is 28.2 Å². The summed E-state index contributed by atoms with van der Waals surface area (Å²) < 4.78 is 0. The van der Waals surface area contributed by atoms with Crippen LogP contribution in [0.3, 0.4) is 0 Å². The van der Waals surface area contributed by atoms with Crippen molar-refractivity contribution >= 4 is 23.5 Å². The van der Waals surface area contributed by atoms with Gasteiger partial charge in [0.05, 0.1) is 5.69 Å². The Kier molecular flexibility index (Phi) is 3.82. The second-order valence-electron chi connectivity index (χ2n) is 5.81. The largest absolute Gasteiger partial charge is 0.294 e. The highest BCUT2D eigenvalue weighted by Gasteiger charge is 2.28. The highest BCUT2D eigenvalue weighted by Crippen LogP contribution is 2.22. The van der Waals surface area contributed by atoms with Crippen molar-refractivity contribution in [3.63, 3.8) is 0 Å². The number of guanidine groups is 1. The zero-order valence-electron chi connectivity index (χ0n) is 13.7. The molecule has 2 aromatic rings. The molecule has 1 aliphatic heterocycles. The van der Waals surface area contributed by atoms with Gasteiger partial charge in [-0.25, -0.2) is 19.9 Å². The Morgan fingerprint density at radius 3 is 2.17 bits per heavy atom. The topological polar surface area (TPSA) is 70.5 Å². The normalized spacial score (nSPS) is 14.2. The number of benzene rings is 1. The van der Waals surface area contributed by atoms with Gasteiger partial charge in [-0.15, -0.1) is 0 Å². The summed E-state index contributed by atoms with van der Waals surface area (Å²) in [4.78, 5) is 26.8. The molecule has 0 atom stereocenters. The molecule has 23 heavy (non-hydrogen) atoms. The van der Waals surface area contributed by atoms with Crippen LogP contribution in [0.15, 0.2) is 29.3 Å². The molecule has 0 saturated heterocycles. The molecule has 0 bridgehead atoms. The average molecular weight is 309 g/mol. The summed E-state index contributed by atoms with van der Waals surface area (Å²) in [6, 6.07) is 7.90. The quantitative estimate of drug-likeness (QED) is 0.925. The minimum Gasteiger partial charge on any atom is -0.294 e. The average Bonchev–Trinajstić information content (AvgIpc) is 2.77. The van der Waals surface area contributed by atoms with E-state index in [2.05, 4.69) is 26.3 Å². The Balaban J connectivity index is 1.93. The molecule has 2 heterocycles. The van der Waals surface area contributed by atoms with Gasteiger partial charge in [-0.1, -0.05) is 6.07 Å². The number of anilines is 2. The van der Waals surface area contributed by atoms with Gasteiger partial charge >= 0.3 is 0 Å². The van der Waals surface area contributed by atoms with Crippen LogP contribution in [0.2, 0.25) is 0 Å². The van der Waals surface area contributed by atoms with E-state index in [1.807, 2.05) is 45.9 Å². The maximum Gasteiger partial charge on any atom is 0.255 e. The molecule has 1 aliphatic rings. The summed E-state index contributed by atoms with van der Waals surface area (Å²) >= 11 is 0. The first-order valence-corrected chi connectivity index (χ1v) is 7.47. The first kappa shape index (κ1) is 15.1. The molecule has 0 saturated carbocycles. The van der Waals surface area contributed by atoms with Crippen molar-refractivity contribution in [2.45, 2.75) is 27.7 Å². The van der Waals surface area contributed by atoms with Gasteiger partial charge < -0.3 is 0 Å². The Labute approximate surface area is 135 Å². The van der Waals surface area contributed by atoms with Crippen molar-refractivity contribution in [3.8, 4) is 0 Å². The number of aryl methyl sites for hydroxylation is 4. The second-order valence-corrected chi connectivity index (χ2v) is 5.81. The van der Waals surface area contributed by atoms with E-state index in [9.17, 15) is 4.79 Å². The summed E-state index contributed by atoms with van der Waals surface area (Å²) in [6.45, 7) is 7.95. The summed E-state index contributed by atoms with van der Waals surface area (Å²) in [7, 11) is 0. The molecular weight excluding hydrogens is 290 g/mol. The van der Waals surface area contributed by atoms with Gasteiger partial charge in [0.2, 0.25) is 11.9 Å². The standard InChI is InChI=1S/C17H19N5O/c1-10-5-11(2)7-14(6-10)22-15(23)9-18-17(22)21-16-19-12(3)8-13(4)20-16/h5-8H,9H2,1-4H3,(H,18,19,20,21). The summed E-state index contributed by atoms with van der Waals surface area (Å²) in [5.41, 5.74) is 4.73. The molecule has 1 amide bonds. The first-order valence-electron chi connectivity index (χ1n) is 7.47. The number of hydrogen-bond donors (Lipinski definition) is 1. The predicted octanol–water partition coefficient (Wildman–Crippen LogP) is 2.52. The third-order valence-corrected chi connectivity index (χ3v) is 3.50. The fourth-order valence-corrected chi connectivity index (χ4v) is 2.73. The summed E-state index contributed by atoms with van der Waals surface area (Å²) in [6.07, 6.45) is 0. The molecule has 0 fully saturated rings. The van der Waals surface area contributed by atoms with Gasteiger partial charge in [0.1, 0.15) is 6.54 Å². The maximum absolute atomic E-state index is 12.3. The number of nitrogens with zero attached hydrogens (tertiary/aromatic N) is 4. The molecule has 1 aromatic carbocycles. The first-order chi connectivity index (χ1) is 10.9. The lowest BCUT2D eigenvalue weighted by molar-refractivity contribution is -0.115. The van der Waals surface area contributed by atoms with Gasteiger partial charge in [-0.2, -0.15) is 0 Å². The van der Waals surface area contributed by atoms with Gasteiger partial charge in [0.15, 0.2) is 0 Å². The molecule has 0 unspecified atom stereocenters. The monoisotopic (exact) mass is 309 g/mol. The Hall–Kier alpha value is -2.76. The molecule has 0 spiro atoms. The van der Waals surface area contributed by atoms with Gasteiger partial charge in [0, 0.05) is 11.4 Å². The smallest absolute Gasteiger partial charge is 0.255 e. The van der Waals surface area contributed by atoms with Crippen molar-refractivity contribution in [1.29, 1.82) is 0 Å². The summed E-state index contributed by atoms with van der Waals surface area (Å²) in [5.74, 6) is 0.845. The molecular formula is C17H19N5O. The lowest BCUT2D eigenvalue weighted by atomic mass is 10.1. The van der Waals surface area contributed by atoms with Crippen LogP contribution in [0.1, 0.15) is 22.5 Å². The zero-order chi connectivity index (χ0) is 16.6. The van der Waals surface area contributed by atoms with Crippen molar-refractivity contribution in [1.82, 2.24) is 9.97 Å². The SMILES string of the molecule is Cc1cc(C)cc(N2C(=O)CN=C2Nc2nc(C)cc(C)n2)c1. The third-order valence-electron chi connectivity index (χ3n) is 3.50. The maximum atomic E-state index is 12.3.